The van der Waals surface area contributed by atoms with Crippen molar-refractivity contribution >= 4 is 11.6 Å². The van der Waals surface area contributed by atoms with Crippen molar-refractivity contribution in [1.82, 2.24) is 4.57 Å². The van der Waals surface area contributed by atoms with Gasteiger partial charge in [0.05, 0.1) is 0 Å². The Morgan fingerprint density at radius 1 is 1.25 bits per heavy atom. The van der Waals surface area contributed by atoms with E-state index in [-0.39, 0.29) is 6.04 Å². The van der Waals surface area contributed by atoms with Gasteiger partial charge in [0.1, 0.15) is 0 Å². The molecule has 0 fully saturated rings. The van der Waals surface area contributed by atoms with Crippen molar-refractivity contribution in [3.63, 3.8) is 0 Å². The first-order valence-electron chi connectivity index (χ1n) is 5.34. The molecule has 2 rings (SSSR count). The zero-order valence-corrected chi connectivity index (χ0v) is 9.98. The van der Waals surface area contributed by atoms with Crippen LogP contribution in [-0.2, 0) is 6.42 Å². The Balaban J connectivity index is 2.33. The van der Waals surface area contributed by atoms with Crippen LogP contribution in [-0.4, -0.2) is 10.6 Å². The molecule has 3 heteroatoms. The zero-order valence-electron chi connectivity index (χ0n) is 9.23. The second-order valence-electron chi connectivity index (χ2n) is 4.03. The molecule has 0 radical (unpaired) electrons. The number of benzene rings is 1. The molecule has 0 saturated heterocycles. The first-order chi connectivity index (χ1) is 7.66. The van der Waals surface area contributed by atoms with Gasteiger partial charge in [-0.15, -0.1) is 0 Å². The van der Waals surface area contributed by atoms with Crippen molar-refractivity contribution in [2.45, 2.75) is 19.4 Å². The zero-order chi connectivity index (χ0) is 11.5. The molecule has 0 amide bonds. The van der Waals surface area contributed by atoms with Gasteiger partial charge < -0.3 is 10.3 Å². The molecular weight excluding hydrogens is 220 g/mol. The monoisotopic (exact) mass is 234 g/mol. The quantitative estimate of drug-likeness (QED) is 0.870. The molecule has 1 atom stereocenters. The Morgan fingerprint density at radius 2 is 1.94 bits per heavy atom. The first-order valence-corrected chi connectivity index (χ1v) is 5.72. The maximum Gasteiger partial charge on any atom is 0.0453 e. The molecule has 2 nitrogen and oxygen atoms in total. The Morgan fingerprint density at radius 3 is 2.56 bits per heavy atom. The summed E-state index contributed by atoms with van der Waals surface area (Å²) in [6.45, 7) is 2.01. The van der Waals surface area contributed by atoms with Crippen LogP contribution >= 0.6 is 11.6 Å². The largest absolute Gasteiger partial charge is 0.328 e. The summed E-state index contributed by atoms with van der Waals surface area (Å²) in [5.74, 6) is 0. The van der Waals surface area contributed by atoms with E-state index >= 15 is 0 Å². The molecule has 84 valence electrons. The number of nitrogens with zero attached hydrogens (tertiary/aromatic N) is 1. The van der Waals surface area contributed by atoms with Crippen LogP contribution < -0.4 is 5.73 Å². The van der Waals surface area contributed by atoms with E-state index in [1.165, 1.54) is 5.69 Å². The molecule has 1 aromatic carbocycles. The Hall–Kier alpha value is -1.25. The van der Waals surface area contributed by atoms with E-state index in [9.17, 15) is 0 Å². The topological polar surface area (TPSA) is 30.9 Å². The molecule has 0 aliphatic heterocycles. The summed E-state index contributed by atoms with van der Waals surface area (Å²) in [6, 6.07) is 12.1. The number of rotatable bonds is 3. The minimum Gasteiger partial charge on any atom is -0.328 e. The molecule has 1 unspecified atom stereocenters. The molecule has 0 aliphatic rings. The van der Waals surface area contributed by atoms with Crippen molar-refractivity contribution in [3.05, 3.63) is 53.3 Å². The van der Waals surface area contributed by atoms with Crippen molar-refractivity contribution < 1.29 is 0 Å². The maximum atomic E-state index is 5.87. The number of hydrogen-bond acceptors (Lipinski definition) is 1. The number of hydrogen-bond donors (Lipinski definition) is 1. The minimum absolute atomic E-state index is 0.168. The van der Waals surface area contributed by atoms with Crippen LogP contribution in [0.25, 0.3) is 5.69 Å². The van der Waals surface area contributed by atoms with E-state index in [0.29, 0.717) is 0 Å². The van der Waals surface area contributed by atoms with Crippen LogP contribution in [0.5, 0.6) is 0 Å². The van der Waals surface area contributed by atoms with Crippen molar-refractivity contribution in [2.75, 3.05) is 0 Å². The number of nitrogens with two attached hydrogens (primary N) is 1. The van der Waals surface area contributed by atoms with Gasteiger partial charge in [-0.25, -0.2) is 0 Å². The number of halogens is 1. The van der Waals surface area contributed by atoms with Crippen molar-refractivity contribution in [1.29, 1.82) is 0 Å². The summed E-state index contributed by atoms with van der Waals surface area (Å²) in [4.78, 5) is 0. The highest BCUT2D eigenvalue weighted by molar-refractivity contribution is 6.30. The fourth-order valence-electron chi connectivity index (χ4n) is 1.77. The smallest absolute Gasteiger partial charge is 0.0453 e. The van der Waals surface area contributed by atoms with E-state index in [1.54, 1.807) is 0 Å². The third kappa shape index (κ3) is 2.46. The molecule has 2 N–H and O–H groups in total. The predicted octanol–water partition coefficient (Wildman–Crippen LogP) is 3.02. The highest BCUT2D eigenvalue weighted by Gasteiger charge is 2.05. The van der Waals surface area contributed by atoms with E-state index in [1.807, 2.05) is 43.5 Å². The molecule has 1 heterocycles. The van der Waals surface area contributed by atoms with Crippen LogP contribution in [0.4, 0.5) is 0 Å². The Bertz CT molecular complexity index is 457. The van der Waals surface area contributed by atoms with Crippen LogP contribution in [0.2, 0.25) is 5.02 Å². The normalized spacial score (nSPS) is 12.7. The van der Waals surface area contributed by atoms with Crippen molar-refractivity contribution in [3.8, 4) is 5.69 Å². The summed E-state index contributed by atoms with van der Waals surface area (Å²) in [5.41, 5.74) is 8.16. The second-order valence-corrected chi connectivity index (χ2v) is 4.46. The highest BCUT2D eigenvalue weighted by atomic mass is 35.5. The predicted molar refractivity (Wildman–Crippen MR) is 68.1 cm³/mol. The molecule has 0 saturated carbocycles. The Kier molecular flexibility index (Phi) is 3.32. The molecular formula is C13H15ClN2. The SMILES string of the molecule is CC(N)Cc1cccn1-c1ccc(Cl)cc1. The van der Waals surface area contributed by atoms with Gasteiger partial charge in [-0.05, 0) is 43.3 Å². The van der Waals surface area contributed by atoms with E-state index in [0.717, 1.165) is 17.1 Å². The maximum absolute atomic E-state index is 5.87. The van der Waals surface area contributed by atoms with Gasteiger partial charge in [0.15, 0.2) is 0 Å². The van der Waals surface area contributed by atoms with Crippen molar-refractivity contribution in [2.24, 2.45) is 5.73 Å². The highest BCUT2D eigenvalue weighted by Crippen LogP contribution is 2.16. The van der Waals surface area contributed by atoms with E-state index in [4.69, 9.17) is 17.3 Å². The van der Waals surface area contributed by atoms with Gasteiger partial charge >= 0.3 is 0 Å². The average molecular weight is 235 g/mol. The molecule has 16 heavy (non-hydrogen) atoms. The standard InChI is InChI=1S/C13H15ClN2/c1-10(15)9-13-3-2-8-16(13)12-6-4-11(14)5-7-12/h2-8,10H,9,15H2,1H3. The van der Waals surface area contributed by atoms with Crippen LogP contribution in [0.3, 0.4) is 0 Å². The van der Waals surface area contributed by atoms with Crippen LogP contribution in [0.15, 0.2) is 42.6 Å². The molecule has 0 bridgehead atoms. The third-order valence-electron chi connectivity index (χ3n) is 2.47. The molecule has 0 aliphatic carbocycles. The van der Waals surface area contributed by atoms with Crippen LogP contribution in [0.1, 0.15) is 12.6 Å². The van der Waals surface area contributed by atoms with Crippen LogP contribution in [0, 0.1) is 0 Å². The summed E-state index contributed by atoms with van der Waals surface area (Å²) < 4.78 is 2.14. The van der Waals surface area contributed by atoms with Gasteiger partial charge in [0.25, 0.3) is 0 Å². The fourth-order valence-corrected chi connectivity index (χ4v) is 1.89. The lowest BCUT2D eigenvalue weighted by Gasteiger charge is -2.11. The first kappa shape index (κ1) is 11.2. The van der Waals surface area contributed by atoms with Gasteiger partial charge in [0, 0.05) is 35.1 Å². The molecule has 1 aromatic heterocycles. The molecule has 2 aromatic rings. The second kappa shape index (κ2) is 4.73. The molecule has 0 spiro atoms. The fraction of sp³-hybridized carbons (Fsp3) is 0.231. The van der Waals surface area contributed by atoms with Gasteiger partial charge in [-0.1, -0.05) is 11.6 Å². The van der Waals surface area contributed by atoms with Gasteiger partial charge in [-0.2, -0.15) is 0 Å². The lowest BCUT2D eigenvalue weighted by Crippen LogP contribution is -2.19. The average Bonchev–Trinajstić information content (AvgIpc) is 2.66. The minimum atomic E-state index is 0.168. The lowest BCUT2D eigenvalue weighted by molar-refractivity contribution is 0.709. The summed E-state index contributed by atoms with van der Waals surface area (Å²) >= 11 is 5.87. The van der Waals surface area contributed by atoms with E-state index in [2.05, 4.69) is 10.6 Å². The lowest BCUT2D eigenvalue weighted by atomic mass is 10.2. The van der Waals surface area contributed by atoms with E-state index < -0.39 is 0 Å². The van der Waals surface area contributed by atoms with Gasteiger partial charge in [-0.3, -0.25) is 0 Å². The summed E-state index contributed by atoms with van der Waals surface area (Å²) in [5, 5.41) is 0.754. The summed E-state index contributed by atoms with van der Waals surface area (Å²) in [7, 11) is 0. The number of aromatic nitrogens is 1. The summed E-state index contributed by atoms with van der Waals surface area (Å²) in [6.07, 6.45) is 2.91. The third-order valence-corrected chi connectivity index (χ3v) is 2.72. The van der Waals surface area contributed by atoms with Gasteiger partial charge in [0.2, 0.25) is 0 Å². The Labute approximate surface area is 101 Å².